The highest BCUT2D eigenvalue weighted by Crippen LogP contribution is 2.23. The Bertz CT molecular complexity index is 538. The van der Waals surface area contributed by atoms with Crippen LogP contribution in [0.1, 0.15) is 17.5 Å². The van der Waals surface area contributed by atoms with E-state index in [1.54, 1.807) is 16.4 Å². The lowest BCUT2D eigenvalue weighted by atomic mass is 10.1. The van der Waals surface area contributed by atoms with E-state index in [2.05, 4.69) is 0 Å². The van der Waals surface area contributed by atoms with Crippen LogP contribution in [0.25, 0.3) is 0 Å². The first-order valence-electron chi connectivity index (χ1n) is 6.29. The van der Waals surface area contributed by atoms with Crippen LogP contribution >= 0.6 is 23.4 Å². The SMILES string of the molecule is Cc1ccc(S(=O)(=O)N2CCCSCC2)cc1CCl. The Morgan fingerprint density at radius 2 is 2.11 bits per heavy atom. The van der Waals surface area contributed by atoms with Gasteiger partial charge in [0.1, 0.15) is 0 Å². The monoisotopic (exact) mass is 319 g/mol. The number of thioether (sulfide) groups is 1. The lowest BCUT2D eigenvalue weighted by molar-refractivity contribution is 0.435. The van der Waals surface area contributed by atoms with E-state index >= 15 is 0 Å². The van der Waals surface area contributed by atoms with Gasteiger partial charge >= 0.3 is 0 Å². The van der Waals surface area contributed by atoms with Crippen molar-refractivity contribution in [2.75, 3.05) is 24.6 Å². The molecule has 0 spiro atoms. The number of alkyl halides is 1. The second-order valence-electron chi connectivity index (χ2n) is 4.59. The maximum absolute atomic E-state index is 12.6. The molecule has 0 saturated carbocycles. The molecule has 0 bridgehead atoms. The first-order chi connectivity index (χ1) is 9.05. The summed E-state index contributed by atoms with van der Waals surface area (Å²) in [6.45, 7) is 3.15. The molecular weight excluding hydrogens is 302 g/mol. The van der Waals surface area contributed by atoms with Gasteiger partial charge in [0.15, 0.2) is 0 Å². The fourth-order valence-corrected chi connectivity index (χ4v) is 4.89. The third-order valence-electron chi connectivity index (χ3n) is 3.28. The van der Waals surface area contributed by atoms with Crippen LogP contribution in [0.2, 0.25) is 0 Å². The van der Waals surface area contributed by atoms with Gasteiger partial charge in [0, 0.05) is 24.7 Å². The number of sulfonamides is 1. The highest BCUT2D eigenvalue weighted by atomic mass is 35.5. The first-order valence-corrected chi connectivity index (χ1v) is 9.42. The van der Waals surface area contributed by atoms with Gasteiger partial charge in [-0.05, 0) is 42.4 Å². The van der Waals surface area contributed by atoms with Crippen molar-refractivity contribution in [1.82, 2.24) is 4.31 Å². The second-order valence-corrected chi connectivity index (χ2v) is 8.02. The van der Waals surface area contributed by atoms with Crippen LogP contribution in [0.3, 0.4) is 0 Å². The number of hydrogen-bond donors (Lipinski definition) is 0. The van der Waals surface area contributed by atoms with Crippen molar-refractivity contribution in [3.05, 3.63) is 29.3 Å². The lowest BCUT2D eigenvalue weighted by Crippen LogP contribution is -2.33. The van der Waals surface area contributed by atoms with Crippen LogP contribution in [0, 0.1) is 6.92 Å². The maximum atomic E-state index is 12.6. The summed E-state index contributed by atoms with van der Waals surface area (Å²) in [6.07, 6.45) is 0.915. The molecule has 2 rings (SSSR count). The Morgan fingerprint density at radius 3 is 2.84 bits per heavy atom. The maximum Gasteiger partial charge on any atom is 0.243 e. The van der Waals surface area contributed by atoms with Crippen molar-refractivity contribution in [2.24, 2.45) is 0 Å². The van der Waals surface area contributed by atoms with Gasteiger partial charge in [0.25, 0.3) is 0 Å². The molecule has 1 heterocycles. The van der Waals surface area contributed by atoms with Gasteiger partial charge in [0.2, 0.25) is 10.0 Å². The number of halogens is 1. The number of rotatable bonds is 3. The van der Waals surface area contributed by atoms with Crippen molar-refractivity contribution >= 4 is 33.4 Å². The summed E-state index contributed by atoms with van der Waals surface area (Å²) in [5.74, 6) is 2.24. The van der Waals surface area contributed by atoms with Gasteiger partial charge in [-0.3, -0.25) is 0 Å². The molecule has 1 aromatic rings. The average Bonchev–Trinajstić information content (AvgIpc) is 2.68. The van der Waals surface area contributed by atoms with Crippen molar-refractivity contribution in [3.63, 3.8) is 0 Å². The fourth-order valence-electron chi connectivity index (χ4n) is 2.06. The molecule has 1 aliphatic rings. The van der Waals surface area contributed by atoms with Crippen LogP contribution in [-0.4, -0.2) is 37.3 Å². The van der Waals surface area contributed by atoms with Crippen molar-refractivity contribution in [2.45, 2.75) is 24.1 Å². The highest BCUT2D eigenvalue weighted by Gasteiger charge is 2.25. The lowest BCUT2D eigenvalue weighted by Gasteiger charge is -2.20. The zero-order chi connectivity index (χ0) is 13.9. The van der Waals surface area contributed by atoms with E-state index in [-0.39, 0.29) is 0 Å². The molecule has 106 valence electrons. The molecule has 0 radical (unpaired) electrons. The number of hydrogen-bond acceptors (Lipinski definition) is 3. The molecule has 19 heavy (non-hydrogen) atoms. The zero-order valence-electron chi connectivity index (χ0n) is 10.9. The third-order valence-corrected chi connectivity index (χ3v) is 6.51. The molecule has 1 fully saturated rings. The summed E-state index contributed by atoms with van der Waals surface area (Å²) in [4.78, 5) is 0.362. The first kappa shape index (κ1) is 15.2. The molecule has 0 amide bonds. The van der Waals surface area contributed by atoms with Crippen LogP contribution < -0.4 is 0 Å². The molecule has 0 atom stereocenters. The number of benzene rings is 1. The predicted molar refractivity (Wildman–Crippen MR) is 81.4 cm³/mol. The Kier molecular flexibility index (Phi) is 5.17. The molecule has 1 aliphatic heterocycles. The minimum absolute atomic E-state index is 0.338. The minimum Gasteiger partial charge on any atom is -0.207 e. The average molecular weight is 320 g/mol. The Labute approximate surface area is 124 Å². The van der Waals surface area contributed by atoms with Gasteiger partial charge in [0.05, 0.1) is 4.90 Å². The molecule has 0 unspecified atom stereocenters. The molecular formula is C13H18ClNO2S2. The molecule has 3 nitrogen and oxygen atoms in total. The van der Waals surface area contributed by atoms with Gasteiger partial charge < -0.3 is 0 Å². The normalized spacial score (nSPS) is 18.2. The molecule has 1 saturated heterocycles. The van der Waals surface area contributed by atoms with Gasteiger partial charge in [-0.1, -0.05) is 6.07 Å². The highest BCUT2D eigenvalue weighted by molar-refractivity contribution is 7.99. The Morgan fingerprint density at radius 1 is 1.32 bits per heavy atom. The largest absolute Gasteiger partial charge is 0.243 e. The standard InChI is InChI=1S/C13H18ClNO2S2/c1-11-3-4-13(9-12(11)10-14)19(16,17)15-5-2-7-18-8-6-15/h3-4,9H,2,5-8,10H2,1H3. The summed E-state index contributed by atoms with van der Waals surface area (Å²) >= 11 is 7.67. The number of nitrogens with zero attached hydrogens (tertiary/aromatic N) is 1. The van der Waals surface area contributed by atoms with Crippen molar-refractivity contribution < 1.29 is 8.42 Å². The van der Waals surface area contributed by atoms with E-state index in [0.717, 1.165) is 29.1 Å². The van der Waals surface area contributed by atoms with E-state index in [1.807, 2.05) is 24.8 Å². The molecule has 0 aliphatic carbocycles. The zero-order valence-corrected chi connectivity index (χ0v) is 13.3. The van der Waals surface area contributed by atoms with E-state index in [4.69, 9.17) is 11.6 Å². The van der Waals surface area contributed by atoms with Crippen molar-refractivity contribution in [3.8, 4) is 0 Å². The summed E-state index contributed by atoms with van der Waals surface area (Å²) < 4.78 is 26.8. The Balaban J connectivity index is 2.32. The van der Waals surface area contributed by atoms with Crippen LogP contribution in [-0.2, 0) is 15.9 Å². The van der Waals surface area contributed by atoms with E-state index in [9.17, 15) is 8.42 Å². The second kappa shape index (κ2) is 6.48. The van der Waals surface area contributed by atoms with Gasteiger partial charge in [-0.2, -0.15) is 16.1 Å². The van der Waals surface area contributed by atoms with Crippen LogP contribution in [0.15, 0.2) is 23.1 Å². The fraction of sp³-hybridized carbons (Fsp3) is 0.538. The van der Waals surface area contributed by atoms with E-state index in [1.165, 1.54) is 0 Å². The van der Waals surface area contributed by atoms with E-state index < -0.39 is 10.0 Å². The third kappa shape index (κ3) is 3.45. The molecule has 0 aromatic heterocycles. The summed E-state index contributed by atoms with van der Waals surface area (Å²) in [7, 11) is -3.37. The van der Waals surface area contributed by atoms with Crippen LogP contribution in [0.4, 0.5) is 0 Å². The van der Waals surface area contributed by atoms with Gasteiger partial charge in [-0.15, -0.1) is 11.6 Å². The Hall–Kier alpha value is -0.230. The molecule has 0 N–H and O–H groups in total. The van der Waals surface area contributed by atoms with E-state index in [0.29, 0.717) is 23.9 Å². The summed E-state index contributed by atoms with van der Waals surface area (Å²) in [6, 6.07) is 5.21. The molecule has 6 heteroatoms. The minimum atomic E-state index is -3.37. The quantitative estimate of drug-likeness (QED) is 0.804. The van der Waals surface area contributed by atoms with Gasteiger partial charge in [-0.25, -0.2) is 8.42 Å². The number of aryl methyl sites for hydroxylation is 1. The smallest absolute Gasteiger partial charge is 0.207 e. The summed E-state index contributed by atoms with van der Waals surface area (Å²) in [5, 5.41) is 0. The molecule has 1 aromatic carbocycles. The van der Waals surface area contributed by atoms with Crippen molar-refractivity contribution in [1.29, 1.82) is 0 Å². The van der Waals surface area contributed by atoms with Crippen LogP contribution in [0.5, 0.6) is 0 Å². The topological polar surface area (TPSA) is 37.4 Å². The summed E-state index contributed by atoms with van der Waals surface area (Å²) in [5.41, 5.74) is 1.91. The predicted octanol–water partition coefficient (Wildman–Crippen LogP) is 2.86.